The standard InChI is InChI=1S/C6H14N2O2.C6H11NO3/c1-6(2,3-7)4-8-5(9)10;8-7(9)10-6-4-2-1-3-5-6/h8H,3-4,7H2,1-2H3,(H,9,10);6H,1-5H2. The Balaban J connectivity index is 0.000000361. The van der Waals surface area contributed by atoms with Crippen molar-refractivity contribution >= 4 is 6.09 Å². The van der Waals surface area contributed by atoms with Crippen LogP contribution in [0.3, 0.4) is 0 Å². The summed E-state index contributed by atoms with van der Waals surface area (Å²) < 4.78 is 0. The first-order chi connectivity index (χ1) is 9.26. The molecule has 8 nitrogen and oxygen atoms in total. The lowest BCUT2D eigenvalue weighted by Crippen LogP contribution is -2.37. The highest BCUT2D eigenvalue weighted by molar-refractivity contribution is 5.64. The summed E-state index contributed by atoms with van der Waals surface area (Å²) in [5.41, 5.74) is 5.22. The fraction of sp³-hybridized carbons (Fsp3) is 0.917. The number of nitrogens with two attached hydrogens (primary N) is 1. The number of nitrogens with one attached hydrogen (secondary N) is 1. The molecule has 118 valence electrons. The molecule has 0 radical (unpaired) electrons. The van der Waals surface area contributed by atoms with Gasteiger partial charge in [-0.25, -0.2) is 4.79 Å². The van der Waals surface area contributed by atoms with Crippen molar-refractivity contribution in [3.63, 3.8) is 0 Å². The first-order valence-electron chi connectivity index (χ1n) is 6.75. The summed E-state index contributed by atoms with van der Waals surface area (Å²) in [7, 11) is 0. The molecule has 1 amide bonds. The minimum absolute atomic E-state index is 0.122. The third-order valence-electron chi connectivity index (χ3n) is 3.06. The van der Waals surface area contributed by atoms with Crippen LogP contribution in [0.5, 0.6) is 0 Å². The summed E-state index contributed by atoms with van der Waals surface area (Å²) in [5, 5.41) is 19.7. The molecule has 1 aliphatic rings. The summed E-state index contributed by atoms with van der Waals surface area (Å²) in [4.78, 5) is 24.3. The van der Waals surface area contributed by atoms with E-state index in [9.17, 15) is 14.9 Å². The molecule has 4 N–H and O–H groups in total. The van der Waals surface area contributed by atoms with Gasteiger partial charge in [-0.1, -0.05) is 33.1 Å². The summed E-state index contributed by atoms with van der Waals surface area (Å²) in [6.45, 7) is 4.69. The summed E-state index contributed by atoms with van der Waals surface area (Å²) in [6.07, 6.45) is 3.90. The van der Waals surface area contributed by atoms with Crippen LogP contribution in [0.4, 0.5) is 4.79 Å². The lowest BCUT2D eigenvalue weighted by atomic mass is 9.94. The van der Waals surface area contributed by atoms with Crippen molar-refractivity contribution in [2.45, 2.75) is 52.1 Å². The maximum atomic E-state index is 10.0. The third-order valence-corrected chi connectivity index (χ3v) is 3.06. The Morgan fingerprint density at radius 1 is 1.45 bits per heavy atom. The van der Waals surface area contributed by atoms with Gasteiger partial charge in [0.2, 0.25) is 0 Å². The van der Waals surface area contributed by atoms with Crippen LogP contribution in [0.1, 0.15) is 46.0 Å². The molecule has 8 heteroatoms. The van der Waals surface area contributed by atoms with Gasteiger partial charge in [0.15, 0.2) is 0 Å². The van der Waals surface area contributed by atoms with Crippen molar-refractivity contribution in [2.75, 3.05) is 13.1 Å². The molecule has 0 aromatic rings. The van der Waals surface area contributed by atoms with Crippen molar-refractivity contribution in [3.05, 3.63) is 10.1 Å². The van der Waals surface area contributed by atoms with Gasteiger partial charge < -0.3 is 21.0 Å². The lowest BCUT2D eigenvalue weighted by Gasteiger charge is -2.21. The minimum Gasteiger partial charge on any atom is -0.465 e. The molecule has 1 aliphatic carbocycles. The number of hydrogen-bond acceptors (Lipinski definition) is 5. The smallest absolute Gasteiger partial charge is 0.404 e. The number of carboxylic acid groups (broad SMARTS) is 1. The Labute approximate surface area is 118 Å². The lowest BCUT2D eigenvalue weighted by molar-refractivity contribution is -0.769. The average Bonchev–Trinajstić information content (AvgIpc) is 2.38. The van der Waals surface area contributed by atoms with Gasteiger partial charge in [0.1, 0.15) is 6.10 Å². The van der Waals surface area contributed by atoms with Crippen LogP contribution in [0.15, 0.2) is 0 Å². The van der Waals surface area contributed by atoms with Gasteiger partial charge in [-0.15, -0.1) is 10.1 Å². The molecule has 0 aliphatic heterocycles. The molecule has 0 saturated heterocycles. The number of rotatable bonds is 5. The second-order valence-corrected chi connectivity index (χ2v) is 5.62. The topological polar surface area (TPSA) is 128 Å². The van der Waals surface area contributed by atoms with E-state index in [0.29, 0.717) is 13.1 Å². The molecule has 0 atom stereocenters. The minimum atomic E-state index is -0.999. The van der Waals surface area contributed by atoms with E-state index in [-0.39, 0.29) is 11.5 Å². The number of amides is 1. The van der Waals surface area contributed by atoms with E-state index in [1.165, 1.54) is 6.42 Å². The van der Waals surface area contributed by atoms with Gasteiger partial charge >= 0.3 is 6.09 Å². The van der Waals surface area contributed by atoms with E-state index in [1.807, 2.05) is 13.8 Å². The van der Waals surface area contributed by atoms with Crippen LogP contribution in [-0.2, 0) is 4.84 Å². The number of carbonyl (C=O) groups is 1. The third kappa shape index (κ3) is 10.4. The van der Waals surface area contributed by atoms with E-state index in [4.69, 9.17) is 10.8 Å². The predicted molar refractivity (Wildman–Crippen MR) is 73.8 cm³/mol. The van der Waals surface area contributed by atoms with Crippen molar-refractivity contribution in [1.82, 2.24) is 5.32 Å². The first kappa shape index (κ1) is 18.4. The van der Waals surface area contributed by atoms with Crippen LogP contribution in [0, 0.1) is 15.5 Å². The van der Waals surface area contributed by atoms with E-state index in [1.54, 1.807) is 0 Å². The first-order valence-corrected chi connectivity index (χ1v) is 6.75. The van der Waals surface area contributed by atoms with Crippen molar-refractivity contribution in [2.24, 2.45) is 11.1 Å². The normalized spacial score (nSPS) is 15.8. The van der Waals surface area contributed by atoms with Crippen molar-refractivity contribution < 1.29 is 19.8 Å². The maximum absolute atomic E-state index is 10.0. The second-order valence-electron chi connectivity index (χ2n) is 5.62. The van der Waals surface area contributed by atoms with E-state index < -0.39 is 11.2 Å². The van der Waals surface area contributed by atoms with Gasteiger partial charge in [-0.2, -0.15) is 0 Å². The molecule has 0 aromatic carbocycles. The molecule has 0 unspecified atom stereocenters. The molecule has 20 heavy (non-hydrogen) atoms. The monoisotopic (exact) mass is 291 g/mol. The Hall–Kier alpha value is -1.57. The zero-order valence-corrected chi connectivity index (χ0v) is 12.1. The van der Waals surface area contributed by atoms with Crippen LogP contribution < -0.4 is 11.1 Å². The fourth-order valence-electron chi connectivity index (χ4n) is 1.68. The number of nitrogens with zero attached hydrogens (tertiary/aromatic N) is 1. The highest BCUT2D eigenvalue weighted by atomic mass is 17.0. The molecule has 0 spiro atoms. The van der Waals surface area contributed by atoms with Crippen molar-refractivity contribution in [3.8, 4) is 0 Å². The van der Waals surface area contributed by atoms with Gasteiger partial charge in [0.25, 0.3) is 5.09 Å². The quantitative estimate of drug-likeness (QED) is 0.523. The summed E-state index contributed by atoms with van der Waals surface area (Å²) in [5.74, 6) is 0. The molecule has 1 rings (SSSR count). The average molecular weight is 291 g/mol. The molecule has 0 bridgehead atoms. The SMILES string of the molecule is CC(C)(CN)CNC(=O)O.O=[N+]([O-])OC1CCCCC1. The maximum Gasteiger partial charge on any atom is 0.404 e. The molecule has 1 fully saturated rings. The van der Waals surface area contributed by atoms with Crippen LogP contribution in [0.25, 0.3) is 0 Å². The van der Waals surface area contributed by atoms with E-state index in [0.717, 1.165) is 25.7 Å². The van der Waals surface area contributed by atoms with E-state index >= 15 is 0 Å². The van der Waals surface area contributed by atoms with Gasteiger partial charge in [0, 0.05) is 6.54 Å². The highest BCUT2D eigenvalue weighted by Crippen LogP contribution is 2.19. The Morgan fingerprint density at radius 2 is 2.00 bits per heavy atom. The largest absolute Gasteiger partial charge is 0.465 e. The van der Waals surface area contributed by atoms with Gasteiger partial charge in [-0.3, -0.25) is 0 Å². The van der Waals surface area contributed by atoms with Crippen LogP contribution in [0.2, 0.25) is 0 Å². The molecule has 0 aromatic heterocycles. The predicted octanol–water partition coefficient (Wildman–Crippen LogP) is 1.77. The molecule has 0 heterocycles. The Kier molecular flexibility index (Phi) is 8.62. The molecule has 1 saturated carbocycles. The molecular formula is C12H25N3O5. The highest BCUT2D eigenvalue weighted by Gasteiger charge is 2.16. The Bertz CT molecular complexity index is 303. The van der Waals surface area contributed by atoms with Crippen LogP contribution >= 0.6 is 0 Å². The van der Waals surface area contributed by atoms with Gasteiger partial charge in [-0.05, 0) is 24.8 Å². The zero-order valence-electron chi connectivity index (χ0n) is 12.1. The summed E-state index contributed by atoms with van der Waals surface area (Å²) in [6, 6.07) is 0. The fourth-order valence-corrected chi connectivity index (χ4v) is 1.68. The Morgan fingerprint density at radius 3 is 2.40 bits per heavy atom. The number of hydrogen-bond donors (Lipinski definition) is 3. The zero-order chi connectivity index (χ0) is 15.6. The summed E-state index contributed by atoms with van der Waals surface area (Å²) >= 11 is 0. The molecular weight excluding hydrogens is 266 g/mol. The second kappa shape index (κ2) is 9.35. The van der Waals surface area contributed by atoms with Crippen molar-refractivity contribution in [1.29, 1.82) is 0 Å². The van der Waals surface area contributed by atoms with Crippen LogP contribution in [-0.4, -0.2) is 35.5 Å². The van der Waals surface area contributed by atoms with E-state index in [2.05, 4.69) is 10.2 Å². The van der Waals surface area contributed by atoms with Gasteiger partial charge in [0.05, 0.1) is 0 Å².